The lowest BCUT2D eigenvalue weighted by atomic mass is 10.1. The van der Waals surface area contributed by atoms with Gasteiger partial charge in [-0.25, -0.2) is 0 Å². The summed E-state index contributed by atoms with van der Waals surface area (Å²) in [6.45, 7) is 1.45. The van der Waals surface area contributed by atoms with E-state index >= 15 is 0 Å². The topological polar surface area (TPSA) is 66.4 Å². The van der Waals surface area contributed by atoms with Gasteiger partial charge in [0.2, 0.25) is 5.91 Å². The van der Waals surface area contributed by atoms with Crippen LogP contribution in [0.3, 0.4) is 0 Å². The molecule has 0 radical (unpaired) electrons. The number of nitrogens with one attached hydrogen (secondary N) is 1. The van der Waals surface area contributed by atoms with Crippen molar-refractivity contribution in [1.29, 1.82) is 0 Å². The van der Waals surface area contributed by atoms with E-state index in [9.17, 15) is 9.59 Å². The van der Waals surface area contributed by atoms with Crippen molar-refractivity contribution >= 4 is 17.6 Å². The van der Waals surface area contributed by atoms with E-state index in [4.69, 9.17) is 5.11 Å². The van der Waals surface area contributed by atoms with E-state index in [0.717, 1.165) is 16.8 Å². The Hall–Kier alpha value is -1.84. The van der Waals surface area contributed by atoms with Crippen molar-refractivity contribution < 1.29 is 14.7 Å². The van der Waals surface area contributed by atoms with E-state index in [-0.39, 0.29) is 11.8 Å². The quantitative estimate of drug-likeness (QED) is 0.791. The third-order valence-electron chi connectivity index (χ3n) is 2.85. The fourth-order valence-electron chi connectivity index (χ4n) is 2.13. The highest BCUT2D eigenvalue weighted by Gasteiger charge is 2.28. The Morgan fingerprint density at radius 1 is 1.38 bits per heavy atom. The summed E-state index contributed by atoms with van der Waals surface area (Å²) in [6.07, 6.45) is 1.05. The van der Waals surface area contributed by atoms with Crippen LogP contribution in [0.1, 0.15) is 18.1 Å². The number of carboxylic acid groups (broad SMARTS) is 1. The maximum absolute atomic E-state index is 11.0. The molecule has 84 valence electrons. The Labute approximate surface area is 93.3 Å². The van der Waals surface area contributed by atoms with Crippen molar-refractivity contribution in [3.8, 4) is 0 Å². The molecule has 1 aliphatic carbocycles. The first-order valence-electron chi connectivity index (χ1n) is 5.19. The third kappa shape index (κ3) is 1.91. The van der Waals surface area contributed by atoms with Gasteiger partial charge in [-0.2, -0.15) is 0 Å². The second-order valence-corrected chi connectivity index (χ2v) is 4.07. The molecule has 0 fully saturated rings. The van der Waals surface area contributed by atoms with Gasteiger partial charge in [-0.3, -0.25) is 9.59 Å². The van der Waals surface area contributed by atoms with Crippen LogP contribution in [-0.4, -0.2) is 17.0 Å². The Balaban J connectivity index is 2.30. The van der Waals surface area contributed by atoms with E-state index in [2.05, 4.69) is 5.32 Å². The Bertz CT molecular complexity index is 454. The number of benzene rings is 1. The van der Waals surface area contributed by atoms with Crippen LogP contribution in [0.25, 0.3) is 0 Å². The zero-order chi connectivity index (χ0) is 11.7. The number of amides is 1. The molecule has 1 aromatic carbocycles. The molecule has 16 heavy (non-hydrogen) atoms. The molecule has 1 aromatic rings. The SMILES string of the molecule is CC(=O)Nc1cccc2c1CC(C(=O)O)C2. The minimum absolute atomic E-state index is 0.132. The molecule has 0 heterocycles. The molecule has 1 atom stereocenters. The molecular formula is C12H13NO3. The first-order chi connectivity index (χ1) is 7.58. The summed E-state index contributed by atoms with van der Waals surface area (Å²) < 4.78 is 0. The second-order valence-electron chi connectivity index (χ2n) is 4.07. The van der Waals surface area contributed by atoms with Gasteiger partial charge in [0.25, 0.3) is 0 Å². The number of carboxylic acids is 1. The number of rotatable bonds is 2. The van der Waals surface area contributed by atoms with Gasteiger partial charge >= 0.3 is 5.97 Å². The van der Waals surface area contributed by atoms with Crippen LogP contribution in [0.5, 0.6) is 0 Å². The molecule has 0 saturated heterocycles. The molecule has 4 heteroatoms. The first-order valence-corrected chi connectivity index (χ1v) is 5.19. The molecule has 1 amide bonds. The fourth-order valence-corrected chi connectivity index (χ4v) is 2.13. The number of hydrogen-bond donors (Lipinski definition) is 2. The highest BCUT2D eigenvalue weighted by atomic mass is 16.4. The van der Waals surface area contributed by atoms with Crippen molar-refractivity contribution in [1.82, 2.24) is 0 Å². The molecule has 1 unspecified atom stereocenters. The van der Waals surface area contributed by atoms with Gasteiger partial charge in [0.1, 0.15) is 0 Å². The number of aliphatic carboxylic acids is 1. The highest BCUT2D eigenvalue weighted by Crippen LogP contribution is 2.32. The molecule has 2 rings (SSSR count). The van der Waals surface area contributed by atoms with Crippen LogP contribution >= 0.6 is 0 Å². The molecule has 1 aliphatic rings. The standard InChI is InChI=1S/C12H13NO3/c1-7(14)13-11-4-2-3-8-5-9(12(15)16)6-10(8)11/h2-4,9H,5-6H2,1H3,(H,13,14)(H,15,16). The Morgan fingerprint density at radius 3 is 2.75 bits per heavy atom. The van der Waals surface area contributed by atoms with Crippen molar-refractivity contribution in [3.05, 3.63) is 29.3 Å². The molecule has 0 saturated carbocycles. The van der Waals surface area contributed by atoms with Gasteiger partial charge in [0.15, 0.2) is 0 Å². The maximum Gasteiger partial charge on any atom is 0.307 e. The monoisotopic (exact) mass is 219 g/mol. The second kappa shape index (κ2) is 3.96. The van der Waals surface area contributed by atoms with Gasteiger partial charge in [-0.05, 0) is 30.0 Å². The number of fused-ring (bicyclic) bond motifs is 1. The lowest BCUT2D eigenvalue weighted by Crippen LogP contribution is -2.13. The van der Waals surface area contributed by atoms with E-state index in [1.807, 2.05) is 18.2 Å². The van der Waals surface area contributed by atoms with E-state index in [0.29, 0.717) is 12.8 Å². The molecular weight excluding hydrogens is 206 g/mol. The van der Waals surface area contributed by atoms with Crippen molar-refractivity contribution in [3.63, 3.8) is 0 Å². The van der Waals surface area contributed by atoms with E-state index in [1.165, 1.54) is 6.92 Å². The summed E-state index contributed by atoms with van der Waals surface area (Å²) in [5.74, 6) is -1.26. The van der Waals surface area contributed by atoms with Gasteiger partial charge in [-0.1, -0.05) is 12.1 Å². The maximum atomic E-state index is 11.0. The van der Waals surface area contributed by atoms with Crippen LogP contribution in [0.15, 0.2) is 18.2 Å². The van der Waals surface area contributed by atoms with E-state index < -0.39 is 5.97 Å². The van der Waals surface area contributed by atoms with Gasteiger partial charge in [-0.15, -0.1) is 0 Å². The third-order valence-corrected chi connectivity index (χ3v) is 2.85. The normalized spacial score (nSPS) is 17.9. The minimum Gasteiger partial charge on any atom is -0.481 e. The highest BCUT2D eigenvalue weighted by molar-refractivity contribution is 5.90. The van der Waals surface area contributed by atoms with Crippen molar-refractivity contribution in [2.24, 2.45) is 5.92 Å². The van der Waals surface area contributed by atoms with Gasteiger partial charge in [0, 0.05) is 12.6 Å². The van der Waals surface area contributed by atoms with Crippen LogP contribution < -0.4 is 5.32 Å². The summed E-state index contributed by atoms with van der Waals surface area (Å²) in [5.41, 5.74) is 2.73. The summed E-state index contributed by atoms with van der Waals surface area (Å²) in [7, 11) is 0. The number of hydrogen-bond acceptors (Lipinski definition) is 2. The Morgan fingerprint density at radius 2 is 2.12 bits per heavy atom. The predicted molar refractivity (Wildman–Crippen MR) is 59.3 cm³/mol. The minimum atomic E-state index is -0.773. The summed E-state index contributed by atoms with van der Waals surface area (Å²) in [6, 6.07) is 5.57. The number of carbonyl (C=O) groups excluding carboxylic acids is 1. The molecule has 0 spiro atoms. The average molecular weight is 219 g/mol. The number of carbonyl (C=O) groups is 2. The first kappa shape index (κ1) is 10.7. The van der Waals surface area contributed by atoms with Crippen LogP contribution in [0.4, 0.5) is 5.69 Å². The van der Waals surface area contributed by atoms with Crippen molar-refractivity contribution in [2.75, 3.05) is 5.32 Å². The van der Waals surface area contributed by atoms with Crippen LogP contribution in [0.2, 0.25) is 0 Å². The summed E-state index contributed by atoms with van der Waals surface area (Å²) in [5, 5.41) is 11.7. The zero-order valence-corrected chi connectivity index (χ0v) is 8.99. The fraction of sp³-hybridized carbons (Fsp3) is 0.333. The predicted octanol–water partition coefficient (Wildman–Crippen LogP) is 1.44. The lowest BCUT2D eigenvalue weighted by molar-refractivity contribution is -0.141. The Kier molecular flexibility index (Phi) is 2.64. The lowest BCUT2D eigenvalue weighted by Gasteiger charge is -2.08. The summed E-state index contributed by atoms with van der Waals surface area (Å²) >= 11 is 0. The molecule has 4 nitrogen and oxygen atoms in total. The van der Waals surface area contributed by atoms with Crippen LogP contribution in [-0.2, 0) is 22.4 Å². The molecule has 0 aromatic heterocycles. The average Bonchev–Trinajstić information content (AvgIpc) is 2.61. The molecule has 0 aliphatic heterocycles. The summed E-state index contributed by atoms with van der Waals surface area (Å²) in [4.78, 5) is 21.9. The van der Waals surface area contributed by atoms with Gasteiger partial charge in [0.05, 0.1) is 5.92 Å². The van der Waals surface area contributed by atoms with Crippen LogP contribution in [0, 0.1) is 5.92 Å². The smallest absolute Gasteiger partial charge is 0.307 e. The molecule has 0 bridgehead atoms. The van der Waals surface area contributed by atoms with Gasteiger partial charge < -0.3 is 10.4 Å². The largest absolute Gasteiger partial charge is 0.481 e. The zero-order valence-electron chi connectivity index (χ0n) is 8.99. The van der Waals surface area contributed by atoms with E-state index in [1.54, 1.807) is 0 Å². The number of anilines is 1. The van der Waals surface area contributed by atoms with Crippen molar-refractivity contribution in [2.45, 2.75) is 19.8 Å². The molecule has 2 N–H and O–H groups in total.